The van der Waals surface area contributed by atoms with Crippen molar-refractivity contribution in [3.63, 3.8) is 0 Å². The van der Waals surface area contributed by atoms with Gasteiger partial charge in [0.2, 0.25) is 0 Å². The van der Waals surface area contributed by atoms with Crippen molar-refractivity contribution >= 4 is 23.6 Å². The number of benzene rings is 1. The molecule has 0 fully saturated rings. The average molecular weight is 254 g/mol. The van der Waals surface area contributed by atoms with Crippen LogP contribution in [0, 0.1) is 6.92 Å². The Morgan fingerprint density at radius 2 is 1.95 bits per heavy atom. The van der Waals surface area contributed by atoms with Crippen LogP contribution in [0.15, 0.2) is 48.7 Å². The highest BCUT2D eigenvalue weighted by Crippen LogP contribution is 2.15. The summed E-state index contributed by atoms with van der Waals surface area (Å²) in [4.78, 5) is 14.6. The minimum Gasteiger partial charge on any atom is -0.478 e. The fourth-order valence-electron chi connectivity index (χ4n) is 1.53. The van der Waals surface area contributed by atoms with Crippen LogP contribution in [0.3, 0.4) is 0 Å². The van der Waals surface area contributed by atoms with Gasteiger partial charge in [-0.25, -0.2) is 9.78 Å². The van der Waals surface area contributed by atoms with Crippen LogP contribution >= 0.6 is 0 Å². The van der Waals surface area contributed by atoms with Crippen LogP contribution in [0.25, 0.3) is 6.08 Å². The Hall–Kier alpha value is -2.62. The molecular formula is C15H14N2O2. The summed E-state index contributed by atoms with van der Waals surface area (Å²) in [6, 6.07) is 11.6. The lowest BCUT2D eigenvalue weighted by molar-refractivity contribution is -0.131. The van der Waals surface area contributed by atoms with Crippen LogP contribution < -0.4 is 5.32 Å². The van der Waals surface area contributed by atoms with Gasteiger partial charge in [0.05, 0.1) is 0 Å². The lowest BCUT2D eigenvalue weighted by Crippen LogP contribution is -1.93. The first kappa shape index (κ1) is 12.8. The summed E-state index contributed by atoms with van der Waals surface area (Å²) in [5.41, 5.74) is 2.91. The molecular weight excluding hydrogens is 240 g/mol. The molecule has 0 bridgehead atoms. The smallest absolute Gasteiger partial charge is 0.328 e. The van der Waals surface area contributed by atoms with Crippen LogP contribution in [0.5, 0.6) is 0 Å². The molecule has 0 saturated heterocycles. The zero-order valence-corrected chi connectivity index (χ0v) is 10.5. The summed E-state index contributed by atoms with van der Waals surface area (Å²) >= 11 is 0. The number of carbonyl (C=O) groups is 1. The Morgan fingerprint density at radius 1 is 1.21 bits per heavy atom. The highest BCUT2D eigenvalue weighted by molar-refractivity contribution is 5.85. The maximum Gasteiger partial charge on any atom is 0.328 e. The number of nitrogens with one attached hydrogen (secondary N) is 1. The lowest BCUT2D eigenvalue weighted by atomic mass is 10.2. The van der Waals surface area contributed by atoms with Crippen LogP contribution in [0.4, 0.5) is 11.5 Å². The summed E-state index contributed by atoms with van der Waals surface area (Å²) in [5.74, 6) is -0.252. The minimum atomic E-state index is -0.971. The molecule has 0 amide bonds. The number of anilines is 2. The number of aromatic nitrogens is 1. The van der Waals surface area contributed by atoms with Crippen molar-refractivity contribution < 1.29 is 9.90 Å². The predicted molar refractivity (Wildman–Crippen MR) is 75.4 cm³/mol. The van der Waals surface area contributed by atoms with Gasteiger partial charge in [-0.1, -0.05) is 17.7 Å². The maximum absolute atomic E-state index is 10.4. The molecule has 4 heteroatoms. The van der Waals surface area contributed by atoms with Gasteiger partial charge in [0.25, 0.3) is 0 Å². The second-order valence-electron chi connectivity index (χ2n) is 4.14. The van der Waals surface area contributed by atoms with Crippen LogP contribution in [-0.2, 0) is 4.79 Å². The monoisotopic (exact) mass is 254 g/mol. The molecule has 19 heavy (non-hydrogen) atoms. The van der Waals surface area contributed by atoms with Crippen molar-refractivity contribution in [2.45, 2.75) is 6.92 Å². The highest BCUT2D eigenvalue weighted by Gasteiger charge is 1.96. The maximum atomic E-state index is 10.4. The third-order valence-corrected chi connectivity index (χ3v) is 2.53. The molecule has 2 aromatic rings. The Labute approximate surface area is 111 Å². The van der Waals surface area contributed by atoms with E-state index in [9.17, 15) is 4.79 Å². The first-order valence-corrected chi connectivity index (χ1v) is 5.84. The molecule has 0 saturated carbocycles. The number of aliphatic carboxylic acids is 1. The van der Waals surface area contributed by atoms with Crippen molar-refractivity contribution in [1.29, 1.82) is 0 Å². The first-order valence-electron chi connectivity index (χ1n) is 5.84. The average Bonchev–Trinajstić information content (AvgIpc) is 2.40. The van der Waals surface area contributed by atoms with E-state index in [2.05, 4.69) is 10.3 Å². The summed E-state index contributed by atoms with van der Waals surface area (Å²) in [6.07, 6.45) is 4.21. The van der Waals surface area contributed by atoms with Crippen molar-refractivity contribution in [3.8, 4) is 0 Å². The van der Waals surface area contributed by atoms with Crippen LogP contribution in [0.1, 0.15) is 11.1 Å². The van der Waals surface area contributed by atoms with Crippen LogP contribution in [0.2, 0.25) is 0 Å². The van der Waals surface area contributed by atoms with Gasteiger partial charge in [-0.15, -0.1) is 0 Å². The van der Waals surface area contributed by atoms with Gasteiger partial charge in [-0.3, -0.25) is 0 Å². The molecule has 0 spiro atoms. The molecule has 1 heterocycles. The first-order chi connectivity index (χ1) is 9.13. The predicted octanol–water partition coefficient (Wildman–Crippen LogP) is 3.23. The second-order valence-corrected chi connectivity index (χ2v) is 4.14. The SMILES string of the molecule is Cc1ccc(Nc2ccc(/C=C/C(=O)O)cn2)cc1. The number of rotatable bonds is 4. The minimum absolute atomic E-state index is 0.719. The quantitative estimate of drug-likeness (QED) is 0.822. The second kappa shape index (κ2) is 5.82. The standard InChI is InChI=1S/C15H14N2O2/c1-11-2-6-13(7-3-11)17-14-8-4-12(10-16-14)5-9-15(18)19/h2-10H,1H3,(H,16,17)(H,18,19)/b9-5+. The van der Waals surface area contributed by atoms with E-state index >= 15 is 0 Å². The van der Waals surface area contributed by atoms with E-state index in [1.54, 1.807) is 12.3 Å². The van der Waals surface area contributed by atoms with Crippen LogP contribution in [-0.4, -0.2) is 16.1 Å². The van der Waals surface area contributed by atoms with Crippen molar-refractivity contribution in [1.82, 2.24) is 4.98 Å². The molecule has 1 aromatic carbocycles. The Kier molecular flexibility index (Phi) is 3.93. The van der Waals surface area contributed by atoms with Gasteiger partial charge < -0.3 is 10.4 Å². The summed E-state index contributed by atoms with van der Waals surface area (Å²) in [6.45, 7) is 2.03. The number of aryl methyl sites for hydroxylation is 1. The van der Waals surface area contributed by atoms with E-state index in [1.165, 1.54) is 11.6 Å². The van der Waals surface area contributed by atoms with Crippen molar-refractivity contribution in [2.24, 2.45) is 0 Å². The van der Waals surface area contributed by atoms with E-state index in [-0.39, 0.29) is 0 Å². The number of hydrogen-bond acceptors (Lipinski definition) is 3. The number of carboxylic acid groups (broad SMARTS) is 1. The molecule has 0 aliphatic rings. The van der Waals surface area contributed by atoms with Crippen molar-refractivity contribution in [2.75, 3.05) is 5.32 Å². The summed E-state index contributed by atoms with van der Waals surface area (Å²) in [5, 5.41) is 11.7. The third kappa shape index (κ3) is 3.96. The Bertz CT molecular complexity index is 587. The largest absolute Gasteiger partial charge is 0.478 e. The molecule has 2 rings (SSSR count). The van der Waals surface area contributed by atoms with E-state index in [1.807, 2.05) is 37.3 Å². The molecule has 0 unspecified atom stereocenters. The van der Waals surface area contributed by atoms with Gasteiger partial charge in [0.15, 0.2) is 0 Å². The summed E-state index contributed by atoms with van der Waals surface area (Å²) < 4.78 is 0. The van der Waals surface area contributed by atoms with Crippen molar-refractivity contribution in [3.05, 3.63) is 59.8 Å². The molecule has 96 valence electrons. The normalized spacial score (nSPS) is 10.6. The number of pyridine rings is 1. The van der Waals surface area contributed by atoms with Gasteiger partial charge in [0, 0.05) is 18.0 Å². The fraction of sp³-hybridized carbons (Fsp3) is 0.0667. The van der Waals surface area contributed by atoms with Gasteiger partial charge in [0.1, 0.15) is 5.82 Å². The topological polar surface area (TPSA) is 62.2 Å². The molecule has 0 atom stereocenters. The molecule has 2 N–H and O–H groups in total. The Balaban J connectivity index is 2.06. The van der Waals surface area contributed by atoms with E-state index in [0.29, 0.717) is 0 Å². The Morgan fingerprint density at radius 3 is 2.53 bits per heavy atom. The number of hydrogen-bond donors (Lipinski definition) is 2. The zero-order valence-electron chi connectivity index (χ0n) is 10.5. The molecule has 1 aromatic heterocycles. The number of nitrogens with zero attached hydrogens (tertiary/aromatic N) is 1. The van der Waals surface area contributed by atoms with E-state index < -0.39 is 5.97 Å². The van der Waals surface area contributed by atoms with Gasteiger partial charge in [-0.05, 0) is 42.8 Å². The highest BCUT2D eigenvalue weighted by atomic mass is 16.4. The lowest BCUT2D eigenvalue weighted by Gasteiger charge is -2.05. The zero-order chi connectivity index (χ0) is 13.7. The summed E-state index contributed by atoms with van der Waals surface area (Å²) in [7, 11) is 0. The fourth-order valence-corrected chi connectivity index (χ4v) is 1.53. The number of carboxylic acids is 1. The van der Waals surface area contributed by atoms with E-state index in [0.717, 1.165) is 23.1 Å². The van der Waals surface area contributed by atoms with E-state index in [4.69, 9.17) is 5.11 Å². The molecule has 0 aliphatic heterocycles. The molecule has 4 nitrogen and oxygen atoms in total. The van der Waals surface area contributed by atoms with Gasteiger partial charge in [-0.2, -0.15) is 0 Å². The molecule has 0 radical (unpaired) electrons. The third-order valence-electron chi connectivity index (χ3n) is 2.53. The molecule has 0 aliphatic carbocycles. The van der Waals surface area contributed by atoms with Gasteiger partial charge >= 0.3 is 5.97 Å².